The first kappa shape index (κ1) is 14.8. The van der Waals surface area contributed by atoms with E-state index in [-0.39, 0.29) is 0 Å². The van der Waals surface area contributed by atoms with Gasteiger partial charge in [0.1, 0.15) is 6.10 Å². The second-order valence-corrected chi connectivity index (χ2v) is 4.02. The highest BCUT2D eigenvalue weighted by molar-refractivity contribution is 5.43. The number of aliphatic hydroxyl groups excluding tert-OH is 2. The first-order chi connectivity index (χ1) is 8.63. The van der Waals surface area contributed by atoms with Crippen molar-refractivity contribution in [2.45, 2.75) is 18.6 Å². The predicted octanol–water partition coefficient (Wildman–Crippen LogP) is 0.708. The Morgan fingerprint density at radius 2 is 1.83 bits per heavy atom. The summed E-state index contributed by atoms with van der Waals surface area (Å²) >= 11 is 0. The molecule has 0 saturated carbocycles. The van der Waals surface area contributed by atoms with Crippen molar-refractivity contribution in [2.75, 3.05) is 27.8 Å². The van der Waals surface area contributed by atoms with Crippen LogP contribution in [0.15, 0.2) is 18.2 Å². The Kier molecular flexibility index (Phi) is 5.91. The zero-order valence-corrected chi connectivity index (χ0v) is 11.0. The van der Waals surface area contributed by atoms with Crippen LogP contribution < -0.4 is 14.8 Å². The van der Waals surface area contributed by atoms with Gasteiger partial charge in [-0.3, -0.25) is 0 Å². The minimum atomic E-state index is -0.932. The average Bonchev–Trinajstić information content (AvgIpc) is 2.42. The Labute approximate surface area is 107 Å². The summed E-state index contributed by atoms with van der Waals surface area (Å²) in [7, 11) is 4.89. The van der Waals surface area contributed by atoms with E-state index in [9.17, 15) is 10.2 Å². The van der Waals surface area contributed by atoms with Crippen LogP contribution in [0, 0.1) is 0 Å². The second-order valence-electron chi connectivity index (χ2n) is 4.02. The van der Waals surface area contributed by atoms with Crippen molar-refractivity contribution in [1.29, 1.82) is 0 Å². The van der Waals surface area contributed by atoms with Gasteiger partial charge in [0.2, 0.25) is 0 Å². The summed E-state index contributed by atoms with van der Waals surface area (Å²) in [5.41, 5.74) is 0.608. The Bertz CT molecular complexity index is 370. The molecule has 0 amide bonds. The van der Waals surface area contributed by atoms with Gasteiger partial charge in [0.15, 0.2) is 11.5 Å². The lowest BCUT2D eigenvalue weighted by Gasteiger charge is -2.19. The molecule has 0 saturated heterocycles. The van der Waals surface area contributed by atoms with Crippen molar-refractivity contribution in [2.24, 2.45) is 0 Å². The van der Waals surface area contributed by atoms with Gasteiger partial charge in [-0.2, -0.15) is 0 Å². The van der Waals surface area contributed by atoms with Crippen molar-refractivity contribution >= 4 is 0 Å². The summed E-state index contributed by atoms with van der Waals surface area (Å²) < 4.78 is 10.3. The molecule has 0 radical (unpaired) electrons. The predicted molar refractivity (Wildman–Crippen MR) is 69.1 cm³/mol. The van der Waals surface area contributed by atoms with E-state index in [1.807, 2.05) is 0 Å². The van der Waals surface area contributed by atoms with Crippen LogP contribution in [0.3, 0.4) is 0 Å². The maximum absolute atomic E-state index is 10.0. The number of aliphatic hydroxyl groups is 2. The lowest BCUT2D eigenvalue weighted by Crippen LogP contribution is -2.23. The molecule has 18 heavy (non-hydrogen) atoms. The standard InChI is InChI=1S/C13H21NO4/c1-14-7-6-10(15)13(16)9-4-5-11(17-2)12(8-9)18-3/h4-5,8,10,13-16H,6-7H2,1-3H3. The molecule has 1 aromatic rings. The summed E-state index contributed by atoms with van der Waals surface area (Å²) in [5, 5.41) is 22.8. The van der Waals surface area contributed by atoms with E-state index in [0.29, 0.717) is 30.0 Å². The third kappa shape index (κ3) is 3.60. The fourth-order valence-corrected chi connectivity index (χ4v) is 1.71. The van der Waals surface area contributed by atoms with Gasteiger partial charge < -0.3 is 25.0 Å². The largest absolute Gasteiger partial charge is 0.493 e. The Morgan fingerprint density at radius 3 is 2.39 bits per heavy atom. The van der Waals surface area contributed by atoms with Crippen LogP contribution in [0.1, 0.15) is 18.1 Å². The first-order valence-corrected chi connectivity index (χ1v) is 5.86. The number of benzene rings is 1. The number of hydrogen-bond donors (Lipinski definition) is 3. The molecule has 102 valence electrons. The third-order valence-corrected chi connectivity index (χ3v) is 2.80. The minimum Gasteiger partial charge on any atom is -0.493 e. The van der Waals surface area contributed by atoms with Gasteiger partial charge in [0, 0.05) is 0 Å². The molecule has 0 fully saturated rings. The highest BCUT2D eigenvalue weighted by atomic mass is 16.5. The molecular formula is C13H21NO4. The molecule has 5 nitrogen and oxygen atoms in total. The van der Waals surface area contributed by atoms with Gasteiger partial charge in [-0.15, -0.1) is 0 Å². The van der Waals surface area contributed by atoms with Crippen LogP contribution in [-0.2, 0) is 0 Å². The van der Waals surface area contributed by atoms with Gasteiger partial charge in [0.05, 0.1) is 20.3 Å². The van der Waals surface area contributed by atoms with Crippen LogP contribution in [0.25, 0.3) is 0 Å². The van der Waals surface area contributed by atoms with Gasteiger partial charge in [0.25, 0.3) is 0 Å². The smallest absolute Gasteiger partial charge is 0.161 e. The van der Waals surface area contributed by atoms with Crippen molar-refractivity contribution in [1.82, 2.24) is 5.32 Å². The Balaban J connectivity index is 2.82. The average molecular weight is 255 g/mol. The molecule has 0 bridgehead atoms. The van der Waals surface area contributed by atoms with Crippen LogP contribution in [0.4, 0.5) is 0 Å². The monoisotopic (exact) mass is 255 g/mol. The van der Waals surface area contributed by atoms with E-state index in [1.54, 1.807) is 32.4 Å². The van der Waals surface area contributed by atoms with Crippen LogP contribution >= 0.6 is 0 Å². The fraction of sp³-hybridized carbons (Fsp3) is 0.538. The topological polar surface area (TPSA) is 71.0 Å². The van der Waals surface area contributed by atoms with Gasteiger partial charge in [-0.25, -0.2) is 0 Å². The van der Waals surface area contributed by atoms with E-state index in [0.717, 1.165) is 0 Å². The zero-order valence-electron chi connectivity index (χ0n) is 11.0. The molecule has 2 unspecified atom stereocenters. The number of nitrogens with one attached hydrogen (secondary N) is 1. The summed E-state index contributed by atoms with van der Waals surface area (Å²) in [6, 6.07) is 5.10. The lowest BCUT2D eigenvalue weighted by atomic mass is 10.0. The normalized spacial score (nSPS) is 14.1. The van der Waals surface area contributed by atoms with Crippen molar-refractivity contribution in [3.63, 3.8) is 0 Å². The molecule has 0 spiro atoms. The lowest BCUT2D eigenvalue weighted by molar-refractivity contribution is 0.0139. The zero-order chi connectivity index (χ0) is 13.5. The fourth-order valence-electron chi connectivity index (χ4n) is 1.71. The number of methoxy groups -OCH3 is 2. The minimum absolute atomic E-state index is 0.478. The summed E-state index contributed by atoms with van der Waals surface area (Å²) in [5.74, 6) is 1.13. The molecule has 0 aliphatic rings. The highest BCUT2D eigenvalue weighted by Crippen LogP contribution is 2.31. The third-order valence-electron chi connectivity index (χ3n) is 2.80. The van der Waals surface area contributed by atoms with Crippen LogP contribution in [-0.4, -0.2) is 44.1 Å². The molecule has 0 aromatic heterocycles. The summed E-state index contributed by atoms with van der Waals surface area (Å²) in [6.45, 7) is 0.644. The van der Waals surface area contributed by atoms with E-state index < -0.39 is 12.2 Å². The SMILES string of the molecule is CNCCC(O)C(O)c1ccc(OC)c(OC)c1. The Morgan fingerprint density at radius 1 is 1.17 bits per heavy atom. The highest BCUT2D eigenvalue weighted by Gasteiger charge is 2.19. The maximum atomic E-state index is 10.0. The first-order valence-electron chi connectivity index (χ1n) is 5.86. The van der Waals surface area contributed by atoms with E-state index in [4.69, 9.17) is 9.47 Å². The van der Waals surface area contributed by atoms with Crippen molar-refractivity contribution in [3.8, 4) is 11.5 Å². The molecule has 0 aliphatic heterocycles. The number of ether oxygens (including phenoxy) is 2. The number of rotatable bonds is 7. The number of hydrogen-bond acceptors (Lipinski definition) is 5. The van der Waals surface area contributed by atoms with Crippen molar-refractivity contribution < 1.29 is 19.7 Å². The molecule has 2 atom stereocenters. The quantitative estimate of drug-likeness (QED) is 0.669. The molecule has 0 heterocycles. The van der Waals surface area contributed by atoms with Gasteiger partial charge in [-0.05, 0) is 37.7 Å². The van der Waals surface area contributed by atoms with Crippen LogP contribution in [0.5, 0.6) is 11.5 Å². The Hall–Kier alpha value is -1.30. The molecule has 1 aromatic carbocycles. The summed E-state index contributed by atoms with van der Waals surface area (Å²) in [6.07, 6.45) is -1.26. The van der Waals surface area contributed by atoms with E-state index in [1.165, 1.54) is 7.11 Å². The molecule has 0 aliphatic carbocycles. The van der Waals surface area contributed by atoms with E-state index >= 15 is 0 Å². The van der Waals surface area contributed by atoms with E-state index in [2.05, 4.69) is 5.32 Å². The van der Waals surface area contributed by atoms with Gasteiger partial charge >= 0.3 is 0 Å². The molecule has 5 heteroatoms. The van der Waals surface area contributed by atoms with Gasteiger partial charge in [-0.1, -0.05) is 6.07 Å². The molecule has 1 rings (SSSR count). The molecular weight excluding hydrogens is 234 g/mol. The second kappa shape index (κ2) is 7.20. The van der Waals surface area contributed by atoms with Crippen molar-refractivity contribution in [3.05, 3.63) is 23.8 Å². The van der Waals surface area contributed by atoms with Crippen LogP contribution in [0.2, 0.25) is 0 Å². The molecule has 3 N–H and O–H groups in total. The summed E-state index contributed by atoms with van der Waals surface area (Å²) in [4.78, 5) is 0. The maximum Gasteiger partial charge on any atom is 0.161 e.